The number of hydrogen-bond donors (Lipinski definition) is 1. The molecular formula is C11H23N3O. The molecule has 0 bridgehead atoms. The van der Waals surface area contributed by atoms with Gasteiger partial charge in [-0.2, -0.15) is 0 Å². The number of carbonyl (C=O) groups excluding carboxylic acids is 1. The van der Waals surface area contributed by atoms with Crippen LogP contribution in [0.1, 0.15) is 27.2 Å². The van der Waals surface area contributed by atoms with Crippen molar-refractivity contribution in [2.24, 2.45) is 11.1 Å². The predicted molar refractivity (Wildman–Crippen MR) is 61.6 cm³/mol. The van der Waals surface area contributed by atoms with E-state index in [1.807, 2.05) is 18.9 Å². The van der Waals surface area contributed by atoms with Crippen molar-refractivity contribution in [3.8, 4) is 0 Å². The van der Waals surface area contributed by atoms with Crippen molar-refractivity contribution < 1.29 is 4.79 Å². The fourth-order valence-electron chi connectivity index (χ4n) is 1.91. The largest absolute Gasteiger partial charge is 0.328 e. The average molecular weight is 213 g/mol. The van der Waals surface area contributed by atoms with Crippen LogP contribution in [-0.4, -0.2) is 48.6 Å². The van der Waals surface area contributed by atoms with Crippen molar-refractivity contribution in [1.82, 2.24) is 9.80 Å². The highest BCUT2D eigenvalue weighted by atomic mass is 16.2. The van der Waals surface area contributed by atoms with Crippen LogP contribution in [0.4, 0.5) is 4.79 Å². The van der Waals surface area contributed by atoms with E-state index in [2.05, 4.69) is 13.8 Å². The van der Waals surface area contributed by atoms with Gasteiger partial charge in [-0.15, -0.1) is 0 Å². The summed E-state index contributed by atoms with van der Waals surface area (Å²) in [7, 11) is 1.84. The molecule has 1 atom stereocenters. The number of nitrogens with two attached hydrogens (primary N) is 1. The van der Waals surface area contributed by atoms with E-state index in [1.54, 1.807) is 4.90 Å². The third-order valence-electron chi connectivity index (χ3n) is 3.38. The Morgan fingerprint density at radius 2 is 2.20 bits per heavy atom. The average Bonchev–Trinajstić information content (AvgIpc) is 2.19. The van der Waals surface area contributed by atoms with Crippen LogP contribution >= 0.6 is 0 Å². The predicted octanol–water partition coefficient (Wildman–Crippen LogP) is 1.12. The van der Waals surface area contributed by atoms with Gasteiger partial charge in [-0.1, -0.05) is 13.8 Å². The van der Waals surface area contributed by atoms with Gasteiger partial charge in [0.2, 0.25) is 0 Å². The van der Waals surface area contributed by atoms with Crippen LogP contribution in [0.25, 0.3) is 0 Å². The second-order valence-corrected chi connectivity index (χ2v) is 5.10. The number of nitrogens with zero attached hydrogens (tertiary/aromatic N) is 2. The number of urea groups is 1. The van der Waals surface area contributed by atoms with Gasteiger partial charge < -0.3 is 15.5 Å². The normalized spacial score (nSPS) is 25.1. The van der Waals surface area contributed by atoms with Gasteiger partial charge in [-0.25, -0.2) is 4.79 Å². The maximum absolute atomic E-state index is 11.9. The van der Waals surface area contributed by atoms with Gasteiger partial charge in [-0.3, -0.25) is 0 Å². The zero-order valence-corrected chi connectivity index (χ0v) is 10.3. The lowest BCUT2D eigenvalue weighted by atomic mass is 9.80. The van der Waals surface area contributed by atoms with Gasteiger partial charge in [0.25, 0.3) is 0 Å². The van der Waals surface area contributed by atoms with Gasteiger partial charge in [0, 0.05) is 32.7 Å². The lowest BCUT2D eigenvalue weighted by Gasteiger charge is -2.43. The monoisotopic (exact) mass is 213 g/mol. The molecule has 1 heterocycles. The minimum atomic E-state index is 0.0302. The molecule has 1 unspecified atom stereocenters. The van der Waals surface area contributed by atoms with Gasteiger partial charge in [0.15, 0.2) is 0 Å². The highest BCUT2D eigenvalue weighted by Crippen LogP contribution is 2.27. The van der Waals surface area contributed by atoms with Gasteiger partial charge in [-0.05, 0) is 18.8 Å². The van der Waals surface area contributed by atoms with Crippen molar-refractivity contribution in [3.63, 3.8) is 0 Å². The number of likely N-dealkylation sites (tertiary alicyclic amines) is 1. The van der Waals surface area contributed by atoms with Crippen molar-refractivity contribution in [1.29, 1.82) is 0 Å². The van der Waals surface area contributed by atoms with Crippen molar-refractivity contribution in [2.75, 3.05) is 26.7 Å². The molecule has 2 N–H and O–H groups in total. The summed E-state index contributed by atoms with van der Waals surface area (Å²) in [6.07, 6.45) is 0.899. The molecule has 0 aromatic carbocycles. The van der Waals surface area contributed by atoms with Crippen LogP contribution in [0.15, 0.2) is 0 Å². The van der Waals surface area contributed by atoms with Gasteiger partial charge >= 0.3 is 6.03 Å². The summed E-state index contributed by atoms with van der Waals surface area (Å²) in [5.74, 6) is 0. The van der Waals surface area contributed by atoms with Crippen LogP contribution in [-0.2, 0) is 0 Å². The molecule has 0 spiro atoms. The third-order valence-corrected chi connectivity index (χ3v) is 3.38. The van der Waals surface area contributed by atoms with E-state index in [1.165, 1.54) is 0 Å². The fourth-order valence-corrected chi connectivity index (χ4v) is 1.91. The van der Waals surface area contributed by atoms with E-state index in [-0.39, 0.29) is 17.5 Å². The van der Waals surface area contributed by atoms with Crippen LogP contribution < -0.4 is 5.73 Å². The Hall–Kier alpha value is -0.770. The highest BCUT2D eigenvalue weighted by molar-refractivity contribution is 5.74. The van der Waals surface area contributed by atoms with E-state index < -0.39 is 0 Å². The minimum Gasteiger partial charge on any atom is -0.328 e. The minimum absolute atomic E-state index is 0.0302. The Morgan fingerprint density at radius 3 is 2.67 bits per heavy atom. The Balaban J connectivity index is 2.63. The topological polar surface area (TPSA) is 49.6 Å². The lowest BCUT2D eigenvalue weighted by molar-refractivity contribution is 0.0944. The Morgan fingerprint density at radius 1 is 1.60 bits per heavy atom. The number of hydrogen-bond acceptors (Lipinski definition) is 2. The first-order valence-electron chi connectivity index (χ1n) is 5.64. The van der Waals surface area contributed by atoms with Gasteiger partial charge in [0.1, 0.15) is 0 Å². The summed E-state index contributed by atoms with van der Waals surface area (Å²) in [5.41, 5.74) is 6.06. The summed E-state index contributed by atoms with van der Waals surface area (Å²) in [6, 6.07) is 0.325. The zero-order chi connectivity index (χ0) is 11.6. The quantitative estimate of drug-likeness (QED) is 0.709. The molecule has 1 fully saturated rings. The molecule has 0 aliphatic carbocycles. The molecule has 0 radical (unpaired) electrons. The summed E-state index contributed by atoms with van der Waals surface area (Å²) < 4.78 is 0. The molecule has 4 nitrogen and oxygen atoms in total. The molecule has 0 saturated carbocycles. The van der Waals surface area contributed by atoms with Crippen LogP contribution in [0.2, 0.25) is 0 Å². The molecule has 1 aliphatic rings. The maximum atomic E-state index is 11.9. The molecule has 1 aliphatic heterocycles. The summed E-state index contributed by atoms with van der Waals surface area (Å²) in [5, 5.41) is 0. The molecule has 2 amide bonds. The molecule has 1 rings (SSSR count). The molecule has 15 heavy (non-hydrogen) atoms. The maximum Gasteiger partial charge on any atom is 0.319 e. The number of piperidine rings is 1. The van der Waals surface area contributed by atoms with Crippen LogP contribution in [0, 0.1) is 5.41 Å². The number of carbonyl (C=O) groups is 1. The van der Waals surface area contributed by atoms with Crippen LogP contribution in [0.3, 0.4) is 0 Å². The second kappa shape index (κ2) is 4.39. The van der Waals surface area contributed by atoms with Crippen molar-refractivity contribution in [3.05, 3.63) is 0 Å². The summed E-state index contributed by atoms with van der Waals surface area (Å²) in [6.45, 7) is 8.54. The molecule has 4 heteroatoms. The second-order valence-electron chi connectivity index (χ2n) is 5.10. The number of rotatable bonds is 1. The van der Waals surface area contributed by atoms with Crippen molar-refractivity contribution in [2.45, 2.75) is 33.2 Å². The zero-order valence-electron chi connectivity index (χ0n) is 10.3. The highest BCUT2D eigenvalue weighted by Gasteiger charge is 2.35. The molecular weight excluding hydrogens is 190 g/mol. The van der Waals surface area contributed by atoms with E-state index in [0.29, 0.717) is 0 Å². The molecule has 0 aromatic heterocycles. The molecule has 88 valence electrons. The van der Waals surface area contributed by atoms with E-state index in [9.17, 15) is 4.79 Å². The molecule has 0 aromatic rings. The van der Waals surface area contributed by atoms with E-state index >= 15 is 0 Å². The Kier molecular flexibility index (Phi) is 3.60. The third kappa shape index (κ3) is 2.62. The summed E-state index contributed by atoms with van der Waals surface area (Å²) in [4.78, 5) is 15.6. The number of amides is 2. The smallest absolute Gasteiger partial charge is 0.319 e. The van der Waals surface area contributed by atoms with Crippen molar-refractivity contribution >= 4 is 6.03 Å². The first-order chi connectivity index (χ1) is 6.88. The van der Waals surface area contributed by atoms with E-state index in [4.69, 9.17) is 5.73 Å². The fraction of sp³-hybridized carbons (Fsp3) is 0.909. The first-order valence-corrected chi connectivity index (χ1v) is 5.64. The Bertz CT molecular complexity index is 240. The molecule has 1 saturated heterocycles. The standard InChI is InChI=1S/C11H23N3O/c1-5-13(4)10(15)14-7-6-9(12)11(2,3)8-14/h9H,5-8,12H2,1-4H3. The summed E-state index contributed by atoms with van der Waals surface area (Å²) >= 11 is 0. The SMILES string of the molecule is CCN(C)C(=O)N1CCC(N)C(C)(C)C1. The van der Waals surface area contributed by atoms with Gasteiger partial charge in [0.05, 0.1) is 0 Å². The van der Waals surface area contributed by atoms with Crippen LogP contribution in [0.5, 0.6) is 0 Å². The first kappa shape index (κ1) is 12.3. The Labute approximate surface area is 92.4 Å². The lowest BCUT2D eigenvalue weighted by Crippen LogP contribution is -2.56. The van der Waals surface area contributed by atoms with E-state index in [0.717, 1.165) is 26.1 Å².